The number of hydrogen-bond donors (Lipinski definition) is 1. The first-order valence-electron chi connectivity index (χ1n) is 8.63. The van der Waals surface area contributed by atoms with Crippen molar-refractivity contribution in [2.75, 3.05) is 6.61 Å². The van der Waals surface area contributed by atoms with E-state index in [9.17, 15) is 0 Å². The van der Waals surface area contributed by atoms with Gasteiger partial charge in [0.15, 0.2) is 0 Å². The van der Waals surface area contributed by atoms with Gasteiger partial charge in [0, 0.05) is 43.4 Å². The molecule has 4 nitrogen and oxygen atoms in total. The molecule has 1 saturated carbocycles. The summed E-state index contributed by atoms with van der Waals surface area (Å²) in [7, 11) is 2.07. The highest BCUT2D eigenvalue weighted by molar-refractivity contribution is 5.26. The number of fused-ring (bicyclic) bond motifs is 1. The molecule has 118 valence electrons. The van der Waals surface area contributed by atoms with Gasteiger partial charge in [-0.2, -0.15) is 5.10 Å². The first-order valence-corrected chi connectivity index (χ1v) is 8.63. The lowest BCUT2D eigenvalue weighted by molar-refractivity contribution is 0.0529. The van der Waals surface area contributed by atoms with Gasteiger partial charge in [0.1, 0.15) is 0 Å². The third-order valence-electron chi connectivity index (χ3n) is 5.35. The van der Waals surface area contributed by atoms with E-state index in [4.69, 9.17) is 4.74 Å². The van der Waals surface area contributed by atoms with Crippen molar-refractivity contribution in [3.8, 4) is 0 Å². The molecule has 2 fully saturated rings. The number of aromatic nitrogens is 2. The SMILES string of the molecule is CCc1nn(C)c(CC)c1CN[C@@H]1CCC[C@@H]2OCC[C@@H]21. The number of nitrogens with zero attached hydrogens (tertiary/aromatic N) is 2. The van der Waals surface area contributed by atoms with Crippen LogP contribution in [-0.4, -0.2) is 28.5 Å². The molecule has 1 saturated heterocycles. The summed E-state index contributed by atoms with van der Waals surface area (Å²) in [5.74, 6) is 0.727. The van der Waals surface area contributed by atoms with E-state index in [-0.39, 0.29) is 0 Å². The van der Waals surface area contributed by atoms with E-state index in [1.165, 1.54) is 42.6 Å². The molecule has 3 atom stereocenters. The van der Waals surface area contributed by atoms with Crippen LogP contribution in [0, 0.1) is 5.92 Å². The number of ether oxygens (including phenoxy) is 1. The van der Waals surface area contributed by atoms with Crippen molar-refractivity contribution in [1.29, 1.82) is 0 Å². The van der Waals surface area contributed by atoms with Crippen LogP contribution in [0.15, 0.2) is 0 Å². The molecule has 1 aromatic rings. The van der Waals surface area contributed by atoms with Gasteiger partial charge >= 0.3 is 0 Å². The molecule has 1 aromatic heterocycles. The van der Waals surface area contributed by atoms with E-state index in [1.54, 1.807) is 0 Å². The first-order chi connectivity index (χ1) is 10.2. The monoisotopic (exact) mass is 291 g/mol. The lowest BCUT2D eigenvalue weighted by Gasteiger charge is -2.33. The van der Waals surface area contributed by atoms with Crippen molar-refractivity contribution in [3.63, 3.8) is 0 Å². The van der Waals surface area contributed by atoms with Gasteiger partial charge in [0.05, 0.1) is 11.8 Å². The molecular formula is C17H29N3O. The average Bonchev–Trinajstić information content (AvgIpc) is 3.08. The van der Waals surface area contributed by atoms with Crippen molar-refractivity contribution >= 4 is 0 Å². The van der Waals surface area contributed by atoms with Gasteiger partial charge in [-0.05, 0) is 38.5 Å². The Bertz CT molecular complexity index is 483. The van der Waals surface area contributed by atoms with Gasteiger partial charge in [-0.1, -0.05) is 13.8 Å². The summed E-state index contributed by atoms with van der Waals surface area (Å²) in [5.41, 5.74) is 4.08. The van der Waals surface area contributed by atoms with Crippen LogP contribution in [0.3, 0.4) is 0 Å². The Balaban J connectivity index is 1.69. The van der Waals surface area contributed by atoms with Crippen LogP contribution in [0.5, 0.6) is 0 Å². The van der Waals surface area contributed by atoms with Crippen molar-refractivity contribution in [2.24, 2.45) is 13.0 Å². The molecule has 0 radical (unpaired) electrons. The molecule has 3 rings (SSSR count). The molecule has 1 N–H and O–H groups in total. The van der Waals surface area contributed by atoms with Crippen LogP contribution in [0.25, 0.3) is 0 Å². The third-order valence-corrected chi connectivity index (χ3v) is 5.35. The zero-order chi connectivity index (χ0) is 14.8. The lowest BCUT2D eigenvalue weighted by atomic mass is 9.81. The summed E-state index contributed by atoms with van der Waals surface area (Å²) >= 11 is 0. The summed E-state index contributed by atoms with van der Waals surface area (Å²) in [6, 6.07) is 0.626. The molecule has 2 heterocycles. The summed E-state index contributed by atoms with van der Waals surface area (Å²) in [6.45, 7) is 6.35. The fourth-order valence-electron chi connectivity index (χ4n) is 4.26. The highest BCUT2D eigenvalue weighted by Gasteiger charge is 2.37. The number of rotatable bonds is 5. The van der Waals surface area contributed by atoms with Crippen LogP contribution in [0.2, 0.25) is 0 Å². The molecule has 2 aliphatic rings. The minimum Gasteiger partial charge on any atom is -0.378 e. The van der Waals surface area contributed by atoms with Crippen LogP contribution < -0.4 is 5.32 Å². The van der Waals surface area contributed by atoms with Crippen molar-refractivity contribution in [3.05, 3.63) is 17.0 Å². The Labute approximate surface area is 128 Å². The van der Waals surface area contributed by atoms with Crippen LogP contribution in [0.1, 0.15) is 56.5 Å². The maximum Gasteiger partial charge on any atom is 0.0669 e. The van der Waals surface area contributed by atoms with Crippen LogP contribution in [0.4, 0.5) is 0 Å². The highest BCUT2D eigenvalue weighted by atomic mass is 16.5. The second-order valence-corrected chi connectivity index (χ2v) is 6.48. The zero-order valence-corrected chi connectivity index (χ0v) is 13.7. The van der Waals surface area contributed by atoms with Gasteiger partial charge < -0.3 is 10.1 Å². The zero-order valence-electron chi connectivity index (χ0n) is 13.7. The Hall–Kier alpha value is -0.870. The van der Waals surface area contributed by atoms with E-state index in [0.29, 0.717) is 12.1 Å². The largest absolute Gasteiger partial charge is 0.378 e. The standard InChI is InChI=1S/C17H29N3O/c1-4-14-13(16(5-2)20(3)19-14)11-18-15-7-6-8-17-12(15)9-10-21-17/h12,15,17-18H,4-11H2,1-3H3/t12-,15-,17+/m1/s1. The van der Waals surface area contributed by atoms with E-state index in [0.717, 1.165) is 31.9 Å². The molecule has 4 heteroatoms. The normalized spacial score (nSPS) is 28.8. The number of aryl methyl sites for hydroxylation is 2. The second-order valence-electron chi connectivity index (χ2n) is 6.48. The quantitative estimate of drug-likeness (QED) is 0.906. The topological polar surface area (TPSA) is 39.1 Å². The van der Waals surface area contributed by atoms with Gasteiger partial charge in [-0.25, -0.2) is 0 Å². The third kappa shape index (κ3) is 2.88. The molecule has 0 aromatic carbocycles. The van der Waals surface area contributed by atoms with Gasteiger partial charge in [-0.15, -0.1) is 0 Å². The Morgan fingerprint density at radius 3 is 2.86 bits per heavy atom. The molecule has 0 bridgehead atoms. The van der Waals surface area contributed by atoms with Crippen LogP contribution in [-0.2, 0) is 31.2 Å². The second kappa shape index (κ2) is 6.49. The Morgan fingerprint density at radius 1 is 1.24 bits per heavy atom. The predicted molar refractivity (Wildman–Crippen MR) is 84.3 cm³/mol. The van der Waals surface area contributed by atoms with Crippen molar-refractivity contribution < 1.29 is 4.74 Å². The summed E-state index contributed by atoms with van der Waals surface area (Å²) in [4.78, 5) is 0. The smallest absolute Gasteiger partial charge is 0.0669 e. The molecule has 0 unspecified atom stereocenters. The highest BCUT2D eigenvalue weighted by Crippen LogP contribution is 2.34. The summed E-state index contributed by atoms with van der Waals surface area (Å²) in [5, 5.41) is 8.52. The van der Waals surface area contributed by atoms with Crippen molar-refractivity contribution in [2.45, 2.75) is 71.1 Å². The Kier molecular flexibility index (Phi) is 4.65. The maximum absolute atomic E-state index is 5.88. The molecule has 1 aliphatic heterocycles. The molecular weight excluding hydrogens is 262 g/mol. The number of hydrogen-bond acceptors (Lipinski definition) is 3. The lowest BCUT2D eigenvalue weighted by Crippen LogP contribution is -2.42. The minimum atomic E-state index is 0.515. The maximum atomic E-state index is 5.88. The van der Waals surface area contributed by atoms with E-state index < -0.39 is 0 Å². The van der Waals surface area contributed by atoms with Crippen molar-refractivity contribution in [1.82, 2.24) is 15.1 Å². The van der Waals surface area contributed by atoms with Gasteiger partial charge in [-0.3, -0.25) is 4.68 Å². The van der Waals surface area contributed by atoms with E-state index >= 15 is 0 Å². The Morgan fingerprint density at radius 2 is 2.10 bits per heavy atom. The molecule has 1 aliphatic carbocycles. The first kappa shape index (κ1) is 15.0. The fourth-order valence-corrected chi connectivity index (χ4v) is 4.26. The van der Waals surface area contributed by atoms with Gasteiger partial charge in [0.25, 0.3) is 0 Å². The number of nitrogens with one attached hydrogen (secondary N) is 1. The molecule has 0 amide bonds. The van der Waals surface area contributed by atoms with E-state index in [1.807, 2.05) is 0 Å². The predicted octanol–water partition coefficient (Wildman–Crippen LogP) is 2.59. The minimum absolute atomic E-state index is 0.515. The summed E-state index contributed by atoms with van der Waals surface area (Å²) < 4.78 is 7.94. The molecule has 21 heavy (non-hydrogen) atoms. The molecule has 0 spiro atoms. The fraction of sp³-hybridized carbons (Fsp3) is 0.824. The average molecular weight is 291 g/mol. The van der Waals surface area contributed by atoms with E-state index in [2.05, 4.69) is 36.0 Å². The van der Waals surface area contributed by atoms with Gasteiger partial charge in [0.2, 0.25) is 0 Å². The van der Waals surface area contributed by atoms with Crippen LogP contribution >= 0.6 is 0 Å². The summed E-state index contributed by atoms with van der Waals surface area (Å²) in [6.07, 6.45) is 7.68.